The van der Waals surface area contributed by atoms with E-state index in [4.69, 9.17) is 14.2 Å². The number of amides is 1. The summed E-state index contributed by atoms with van der Waals surface area (Å²) in [5, 5.41) is 2.94. The first kappa shape index (κ1) is 19.4. The number of methoxy groups -OCH3 is 2. The average molecular weight is 355 g/mol. The van der Waals surface area contributed by atoms with Crippen LogP contribution in [-0.4, -0.2) is 26.7 Å². The van der Waals surface area contributed by atoms with Crippen LogP contribution >= 0.6 is 0 Å². The van der Waals surface area contributed by atoms with E-state index in [1.807, 2.05) is 50.2 Å². The van der Waals surface area contributed by atoms with Crippen LogP contribution < -0.4 is 19.5 Å². The Balaban J connectivity index is 2.08. The Bertz CT molecular complexity index is 770. The van der Waals surface area contributed by atoms with Gasteiger partial charge in [-0.15, -0.1) is 0 Å². The van der Waals surface area contributed by atoms with Crippen LogP contribution in [0.15, 0.2) is 48.5 Å². The van der Waals surface area contributed by atoms with E-state index in [0.717, 1.165) is 16.9 Å². The fourth-order valence-electron chi connectivity index (χ4n) is 2.59. The maximum Gasteiger partial charge on any atom is 0.244 e. The summed E-state index contributed by atoms with van der Waals surface area (Å²) in [6, 6.07) is 12.9. The van der Waals surface area contributed by atoms with E-state index < -0.39 is 0 Å². The quantitative estimate of drug-likeness (QED) is 0.728. The molecule has 0 saturated heterocycles. The minimum atomic E-state index is -0.213. The molecule has 0 fully saturated rings. The van der Waals surface area contributed by atoms with Crippen LogP contribution in [0, 0.1) is 0 Å². The average Bonchev–Trinajstić information content (AvgIpc) is 2.66. The first-order valence-electron chi connectivity index (χ1n) is 8.51. The summed E-state index contributed by atoms with van der Waals surface area (Å²) < 4.78 is 16.2. The van der Waals surface area contributed by atoms with E-state index in [2.05, 4.69) is 5.32 Å². The van der Waals surface area contributed by atoms with Gasteiger partial charge >= 0.3 is 0 Å². The molecule has 5 nitrogen and oxygen atoms in total. The van der Waals surface area contributed by atoms with Crippen molar-refractivity contribution in [3.8, 4) is 17.2 Å². The van der Waals surface area contributed by atoms with E-state index in [0.29, 0.717) is 18.1 Å². The lowest BCUT2D eigenvalue weighted by Crippen LogP contribution is -2.25. The minimum Gasteiger partial charge on any atom is -0.497 e. The van der Waals surface area contributed by atoms with Gasteiger partial charge in [-0.05, 0) is 38.1 Å². The molecule has 0 aliphatic rings. The predicted octanol–water partition coefficient (Wildman–Crippen LogP) is 3.99. The molecule has 0 bridgehead atoms. The van der Waals surface area contributed by atoms with Crippen molar-refractivity contribution in [3.63, 3.8) is 0 Å². The van der Waals surface area contributed by atoms with Gasteiger partial charge in [-0.3, -0.25) is 4.79 Å². The first-order valence-corrected chi connectivity index (χ1v) is 8.51. The number of hydrogen-bond acceptors (Lipinski definition) is 4. The molecule has 1 atom stereocenters. The highest BCUT2D eigenvalue weighted by Gasteiger charge is 2.14. The molecule has 0 spiro atoms. The number of para-hydroxylation sites is 1. The standard InChI is InChI=1S/C21H25NO4/c1-5-26-19-9-7-6-8-16(19)10-13-21(23)22-15(2)18-12-11-17(24-3)14-20(18)25-4/h6-15H,5H2,1-4H3,(H,22,23). The Morgan fingerprint density at radius 2 is 1.88 bits per heavy atom. The Kier molecular flexibility index (Phi) is 7.09. The number of benzene rings is 2. The van der Waals surface area contributed by atoms with Crippen molar-refractivity contribution < 1.29 is 19.0 Å². The maximum absolute atomic E-state index is 12.3. The summed E-state index contributed by atoms with van der Waals surface area (Å²) in [5.74, 6) is 1.94. The second-order valence-electron chi connectivity index (χ2n) is 5.64. The molecule has 2 aromatic carbocycles. The van der Waals surface area contributed by atoms with Crippen molar-refractivity contribution in [2.24, 2.45) is 0 Å². The van der Waals surface area contributed by atoms with Crippen molar-refractivity contribution >= 4 is 12.0 Å². The van der Waals surface area contributed by atoms with Gasteiger partial charge in [0.15, 0.2) is 0 Å². The van der Waals surface area contributed by atoms with Crippen LogP contribution in [0.25, 0.3) is 6.08 Å². The Labute approximate surface area is 154 Å². The molecule has 1 amide bonds. The molecule has 0 radical (unpaired) electrons. The molecule has 2 aromatic rings. The molecule has 0 saturated carbocycles. The Hall–Kier alpha value is -2.95. The predicted molar refractivity (Wildman–Crippen MR) is 103 cm³/mol. The number of ether oxygens (including phenoxy) is 3. The van der Waals surface area contributed by atoms with Crippen LogP contribution in [0.3, 0.4) is 0 Å². The molecule has 2 rings (SSSR count). The third-order valence-electron chi connectivity index (χ3n) is 3.90. The van der Waals surface area contributed by atoms with Crippen molar-refractivity contribution in [1.82, 2.24) is 5.32 Å². The van der Waals surface area contributed by atoms with Crippen LogP contribution in [0.2, 0.25) is 0 Å². The Morgan fingerprint density at radius 3 is 2.58 bits per heavy atom. The van der Waals surface area contributed by atoms with Gasteiger partial charge in [0.1, 0.15) is 17.2 Å². The highest BCUT2D eigenvalue weighted by atomic mass is 16.5. The summed E-state index contributed by atoms with van der Waals surface area (Å²) >= 11 is 0. The van der Waals surface area contributed by atoms with E-state index in [1.165, 1.54) is 6.08 Å². The van der Waals surface area contributed by atoms with E-state index in [1.54, 1.807) is 26.4 Å². The Morgan fingerprint density at radius 1 is 1.12 bits per heavy atom. The fraction of sp³-hybridized carbons (Fsp3) is 0.286. The SMILES string of the molecule is CCOc1ccccc1C=CC(=O)NC(C)c1ccc(OC)cc1OC. The molecule has 1 unspecified atom stereocenters. The number of rotatable bonds is 8. The molecule has 0 aliphatic carbocycles. The second kappa shape index (κ2) is 9.51. The van der Waals surface area contributed by atoms with Crippen molar-refractivity contribution in [1.29, 1.82) is 0 Å². The van der Waals surface area contributed by atoms with Gasteiger partial charge in [0.05, 0.1) is 26.9 Å². The van der Waals surface area contributed by atoms with Gasteiger partial charge in [0.2, 0.25) is 5.91 Å². The van der Waals surface area contributed by atoms with Crippen LogP contribution in [0.1, 0.15) is 31.0 Å². The lowest BCUT2D eigenvalue weighted by Gasteiger charge is -2.17. The minimum absolute atomic E-state index is 0.193. The fourth-order valence-corrected chi connectivity index (χ4v) is 2.59. The first-order chi connectivity index (χ1) is 12.6. The van der Waals surface area contributed by atoms with E-state index >= 15 is 0 Å². The largest absolute Gasteiger partial charge is 0.497 e. The monoisotopic (exact) mass is 355 g/mol. The molecule has 0 aromatic heterocycles. The molecule has 138 valence electrons. The van der Waals surface area contributed by atoms with Crippen LogP contribution in [0.4, 0.5) is 0 Å². The maximum atomic E-state index is 12.3. The summed E-state index contributed by atoms with van der Waals surface area (Å²) in [5.41, 5.74) is 1.74. The van der Waals surface area contributed by atoms with Gasteiger partial charge in [0, 0.05) is 23.3 Å². The highest BCUT2D eigenvalue weighted by Crippen LogP contribution is 2.29. The number of hydrogen-bond donors (Lipinski definition) is 1. The molecule has 0 aliphatic heterocycles. The number of carbonyl (C=O) groups excluding carboxylic acids is 1. The molecule has 1 N–H and O–H groups in total. The normalized spacial score (nSPS) is 11.8. The van der Waals surface area contributed by atoms with Gasteiger partial charge in [-0.2, -0.15) is 0 Å². The van der Waals surface area contributed by atoms with Crippen LogP contribution in [0.5, 0.6) is 17.2 Å². The summed E-state index contributed by atoms with van der Waals surface area (Å²) in [6.07, 6.45) is 3.25. The zero-order valence-electron chi connectivity index (χ0n) is 15.6. The molecule has 5 heteroatoms. The molecular formula is C21H25NO4. The van der Waals surface area contributed by atoms with Gasteiger partial charge in [-0.25, -0.2) is 0 Å². The molecular weight excluding hydrogens is 330 g/mol. The highest BCUT2D eigenvalue weighted by molar-refractivity contribution is 5.92. The lowest BCUT2D eigenvalue weighted by molar-refractivity contribution is -0.117. The lowest BCUT2D eigenvalue weighted by atomic mass is 10.1. The van der Waals surface area contributed by atoms with Crippen molar-refractivity contribution in [2.45, 2.75) is 19.9 Å². The zero-order chi connectivity index (χ0) is 18.9. The second-order valence-corrected chi connectivity index (χ2v) is 5.64. The van der Waals surface area contributed by atoms with Gasteiger partial charge in [0.25, 0.3) is 0 Å². The van der Waals surface area contributed by atoms with Crippen molar-refractivity contribution in [2.75, 3.05) is 20.8 Å². The topological polar surface area (TPSA) is 56.8 Å². The van der Waals surface area contributed by atoms with E-state index in [-0.39, 0.29) is 11.9 Å². The van der Waals surface area contributed by atoms with Crippen LogP contribution in [-0.2, 0) is 4.79 Å². The smallest absolute Gasteiger partial charge is 0.244 e. The molecule has 0 heterocycles. The number of carbonyl (C=O) groups is 1. The third-order valence-corrected chi connectivity index (χ3v) is 3.90. The van der Waals surface area contributed by atoms with E-state index in [9.17, 15) is 4.79 Å². The van der Waals surface area contributed by atoms with Gasteiger partial charge < -0.3 is 19.5 Å². The number of nitrogens with one attached hydrogen (secondary N) is 1. The van der Waals surface area contributed by atoms with Crippen molar-refractivity contribution in [3.05, 3.63) is 59.7 Å². The molecule has 26 heavy (non-hydrogen) atoms. The summed E-state index contributed by atoms with van der Waals surface area (Å²) in [6.45, 7) is 4.41. The summed E-state index contributed by atoms with van der Waals surface area (Å²) in [7, 11) is 3.20. The van der Waals surface area contributed by atoms with Gasteiger partial charge in [-0.1, -0.05) is 18.2 Å². The zero-order valence-corrected chi connectivity index (χ0v) is 15.6. The third kappa shape index (κ3) is 5.02. The summed E-state index contributed by atoms with van der Waals surface area (Å²) in [4.78, 5) is 12.3.